The molecule has 0 radical (unpaired) electrons. The standard InChI is InChI=1S/C13H30N2O2S/c1-13(2)9-5-3-4-7-11-15-18(16,17)12-8-6-10-14/h13,15H,3-12,14H2,1-2H3. The first-order valence-electron chi connectivity index (χ1n) is 7.15. The Morgan fingerprint density at radius 1 is 1.00 bits per heavy atom. The highest BCUT2D eigenvalue weighted by atomic mass is 32.2. The van der Waals surface area contributed by atoms with Gasteiger partial charge in [0.1, 0.15) is 0 Å². The van der Waals surface area contributed by atoms with E-state index in [1.807, 2.05) is 0 Å². The average Bonchev–Trinajstić information content (AvgIpc) is 2.27. The quantitative estimate of drug-likeness (QED) is 0.538. The van der Waals surface area contributed by atoms with Gasteiger partial charge >= 0.3 is 0 Å². The lowest BCUT2D eigenvalue weighted by atomic mass is 10.0. The molecule has 0 aliphatic rings. The van der Waals surface area contributed by atoms with E-state index >= 15 is 0 Å². The van der Waals surface area contributed by atoms with Crippen molar-refractivity contribution in [1.29, 1.82) is 0 Å². The molecule has 0 saturated heterocycles. The Kier molecular flexibility index (Phi) is 10.7. The maximum absolute atomic E-state index is 11.5. The molecule has 0 amide bonds. The van der Waals surface area contributed by atoms with Gasteiger partial charge in [-0.15, -0.1) is 0 Å². The Bertz CT molecular complexity index is 277. The summed E-state index contributed by atoms with van der Waals surface area (Å²) in [6.45, 7) is 5.60. The number of hydrogen-bond acceptors (Lipinski definition) is 3. The molecule has 5 heteroatoms. The van der Waals surface area contributed by atoms with E-state index in [0.717, 1.165) is 25.2 Å². The zero-order valence-corrected chi connectivity index (χ0v) is 12.8. The van der Waals surface area contributed by atoms with Gasteiger partial charge in [0.2, 0.25) is 10.0 Å². The topological polar surface area (TPSA) is 72.2 Å². The number of sulfonamides is 1. The van der Waals surface area contributed by atoms with Crippen LogP contribution in [0, 0.1) is 5.92 Å². The first-order chi connectivity index (χ1) is 8.48. The highest BCUT2D eigenvalue weighted by Gasteiger charge is 2.08. The molecule has 0 bridgehead atoms. The maximum atomic E-state index is 11.5. The molecule has 0 aromatic heterocycles. The molecule has 0 atom stereocenters. The van der Waals surface area contributed by atoms with Crippen molar-refractivity contribution < 1.29 is 8.42 Å². The largest absolute Gasteiger partial charge is 0.330 e. The van der Waals surface area contributed by atoms with Gasteiger partial charge in [-0.2, -0.15) is 0 Å². The van der Waals surface area contributed by atoms with Crippen LogP contribution in [-0.2, 0) is 10.0 Å². The molecule has 3 N–H and O–H groups in total. The van der Waals surface area contributed by atoms with Crippen molar-refractivity contribution >= 4 is 10.0 Å². The summed E-state index contributed by atoms with van der Waals surface area (Å²) in [7, 11) is -3.07. The van der Waals surface area contributed by atoms with E-state index in [0.29, 0.717) is 19.5 Å². The van der Waals surface area contributed by atoms with E-state index in [-0.39, 0.29) is 5.75 Å². The van der Waals surface area contributed by atoms with Gasteiger partial charge in [0.15, 0.2) is 0 Å². The second-order valence-electron chi connectivity index (χ2n) is 5.31. The summed E-state index contributed by atoms with van der Waals surface area (Å²) < 4.78 is 25.7. The third-order valence-corrected chi connectivity index (χ3v) is 4.37. The third kappa shape index (κ3) is 12.3. The van der Waals surface area contributed by atoms with Crippen LogP contribution in [0.25, 0.3) is 0 Å². The number of rotatable bonds is 12. The Hall–Kier alpha value is -0.130. The molecule has 0 aliphatic carbocycles. The van der Waals surface area contributed by atoms with Crippen LogP contribution in [0.3, 0.4) is 0 Å². The number of hydrogen-bond donors (Lipinski definition) is 2. The van der Waals surface area contributed by atoms with Crippen molar-refractivity contribution in [3.05, 3.63) is 0 Å². The lowest BCUT2D eigenvalue weighted by Crippen LogP contribution is -2.27. The Morgan fingerprint density at radius 2 is 1.67 bits per heavy atom. The monoisotopic (exact) mass is 278 g/mol. The summed E-state index contributed by atoms with van der Waals surface area (Å²) >= 11 is 0. The fourth-order valence-corrected chi connectivity index (χ4v) is 2.95. The van der Waals surface area contributed by atoms with Gasteiger partial charge in [-0.05, 0) is 31.7 Å². The van der Waals surface area contributed by atoms with Crippen LogP contribution in [0.1, 0.15) is 58.8 Å². The summed E-state index contributed by atoms with van der Waals surface area (Å²) in [5.41, 5.74) is 5.33. The van der Waals surface area contributed by atoms with Gasteiger partial charge in [0, 0.05) is 6.54 Å². The fraction of sp³-hybridized carbons (Fsp3) is 1.00. The van der Waals surface area contributed by atoms with Gasteiger partial charge in [-0.25, -0.2) is 13.1 Å². The minimum atomic E-state index is -3.07. The molecule has 0 unspecified atom stereocenters. The molecule has 0 saturated carbocycles. The lowest BCUT2D eigenvalue weighted by molar-refractivity contribution is 0.517. The minimum absolute atomic E-state index is 0.206. The zero-order chi connectivity index (χ0) is 13.9. The summed E-state index contributed by atoms with van der Waals surface area (Å²) in [5.74, 6) is 0.975. The summed E-state index contributed by atoms with van der Waals surface area (Å²) in [5, 5.41) is 0. The van der Waals surface area contributed by atoms with Crippen LogP contribution >= 0.6 is 0 Å². The molecule has 0 aromatic rings. The van der Waals surface area contributed by atoms with Gasteiger partial charge in [-0.3, -0.25) is 0 Å². The van der Waals surface area contributed by atoms with Crippen LogP contribution < -0.4 is 10.5 Å². The molecule has 0 heterocycles. The Labute approximate surface area is 113 Å². The first kappa shape index (κ1) is 17.9. The molecule has 0 rings (SSSR count). The molecule has 18 heavy (non-hydrogen) atoms. The van der Waals surface area contributed by atoms with Crippen molar-refractivity contribution in [2.75, 3.05) is 18.8 Å². The highest BCUT2D eigenvalue weighted by molar-refractivity contribution is 7.89. The van der Waals surface area contributed by atoms with Gasteiger partial charge in [-0.1, -0.05) is 39.5 Å². The predicted octanol–water partition coefficient (Wildman–Crippen LogP) is 2.25. The Morgan fingerprint density at radius 3 is 2.28 bits per heavy atom. The van der Waals surface area contributed by atoms with E-state index in [1.54, 1.807) is 0 Å². The highest BCUT2D eigenvalue weighted by Crippen LogP contribution is 2.09. The molecule has 0 aliphatic heterocycles. The second kappa shape index (κ2) is 10.8. The van der Waals surface area contributed by atoms with Crippen molar-refractivity contribution in [2.45, 2.75) is 58.8 Å². The lowest BCUT2D eigenvalue weighted by Gasteiger charge is -2.07. The summed E-state index contributed by atoms with van der Waals surface area (Å²) in [6.07, 6.45) is 7.20. The van der Waals surface area contributed by atoms with Crippen LogP contribution in [0.4, 0.5) is 0 Å². The summed E-state index contributed by atoms with van der Waals surface area (Å²) in [6, 6.07) is 0. The van der Waals surface area contributed by atoms with E-state index in [9.17, 15) is 8.42 Å². The summed E-state index contributed by atoms with van der Waals surface area (Å²) in [4.78, 5) is 0. The normalized spacial score (nSPS) is 12.2. The van der Waals surface area contributed by atoms with E-state index < -0.39 is 10.0 Å². The molecule has 0 spiro atoms. The minimum Gasteiger partial charge on any atom is -0.330 e. The Balaban J connectivity index is 3.41. The first-order valence-corrected chi connectivity index (χ1v) is 8.80. The number of nitrogens with two attached hydrogens (primary N) is 1. The molecular weight excluding hydrogens is 248 g/mol. The predicted molar refractivity (Wildman–Crippen MR) is 78.0 cm³/mol. The molecule has 0 fully saturated rings. The van der Waals surface area contributed by atoms with Crippen LogP contribution in [0.2, 0.25) is 0 Å². The van der Waals surface area contributed by atoms with Gasteiger partial charge in [0.25, 0.3) is 0 Å². The number of nitrogens with one attached hydrogen (secondary N) is 1. The van der Waals surface area contributed by atoms with Crippen molar-refractivity contribution in [1.82, 2.24) is 4.72 Å². The van der Waals surface area contributed by atoms with E-state index in [4.69, 9.17) is 5.73 Å². The molecule has 4 nitrogen and oxygen atoms in total. The SMILES string of the molecule is CC(C)CCCCCCNS(=O)(=O)CCCCN. The molecule has 110 valence electrons. The van der Waals surface area contributed by atoms with E-state index in [1.165, 1.54) is 19.3 Å². The smallest absolute Gasteiger partial charge is 0.211 e. The fourth-order valence-electron chi connectivity index (χ4n) is 1.77. The third-order valence-electron chi connectivity index (χ3n) is 2.90. The van der Waals surface area contributed by atoms with Crippen molar-refractivity contribution in [2.24, 2.45) is 11.7 Å². The average molecular weight is 278 g/mol. The van der Waals surface area contributed by atoms with Gasteiger partial charge in [0.05, 0.1) is 5.75 Å². The second-order valence-corrected chi connectivity index (χ2v) is 7.23. The van der Waals surface area contributed by atoms with Crippen LogP contribution in [0.5, 0.6) is 0 Å². The van der Waals surface area contributed by atoms with E-state index in [2.05, 4.69) is 18.6 Å². The van der Waals surface area contributed by atoms with Crippen molar-refractivity contribution in [3.63, 3.8) is 0 Å². The van der Waals surface area contributed by atoms with Crippen molar-refractivity contribution in [3.8, 4) is 0 Å². The number of unbranched alkanes of at least 4 members (excludes halogenated alkanes) is 4. The van der Waals surface area contributed by atoms with Gasteiger partial charge < -0.3 is 5.73 Å². The van der Waals surface area contributed by atoms with Crippen LogP contribution in [0.15, 0.2) is 0 Å². The van der Waals surface area contributed by atoms with Crippen LogP contribution in [-0.4, -0.2) is 27.3 Å². The molecular formula is C13H30N2O2S. The molecule has 0 aromatic carbocycles. The zero-order valence-electron chi connectivity index (χ0n) is 12.0. The maximum Gasteiger partial charge on any atom is 0.211 e.